The zero-order valence-corrected chi connectivity index (χ0v) is 12.9. The molecule has 1 unspecified atom stereocenters. The topological polar surface area (TPSA) is 52.0 Å². The van der Waals surface area contributed by atoms with Gasteiger partial charge in [-0.15, -0.1) is 0 Å². The fourth-order valence-electron chi connectivity index (χ4n) is 2.78. The number of aromatic nitrogens is 3. The molecule has 2 rings (SSSR count). The molecule has 0 spiro atoms. The van der Waals surface area contributed by atoms with Crippen molar-refractivity contribution in [1.29, 1.82) is 0 Å². The van der Waals surface area contributed by atoms with Crippen LogP contribution < -0.4 is 5.32 Å². The van der Waals surface area contributed by atoms with Gasteiger partial charge >= 0.3 is 0 Å². The molecule has 1 aromatic rings. The quantitative estimate of drug-likeness (QED) is 0.908. The Hall–Kier alpha value is -0.940. The molecule has 1 aliphatic rings. The van der Waals surface area contributed by atoms with Gasteiger partial charge in [-0.05, 0) is 27.7 Å². The minimum Gasteiger partial charge on any atom is -0.367 e. The average Bonchev–Trinajstić information content (AvgIpc) is 2.77. The molecular weight excluding hydrogens is 240 g/mol. The highest BCUT2D eigenvalue weighted by atomic mass is 16.5. The maximum atomic E-state index is 6.11. The monoisotopic (exact) mass is 266 g/mol. The molecule has 1 saturated heterocycles. The van der Waals surface area contributed by atoms with E-state index in [2.05, 4.69) is 56.9 Å². The summed E-state index contributed by atoms with van der Waals surface area (Å²) >= 11 is 0. The molecule has 1 atom stereocenters. The Morgan fingerprint density at radius 2 is 2.11 bits per heavy atom. The van der Waals surface area contributed by atoms with Crippen LogP contribution in [0.15, 0.2) is 6.33 Å². The molecule has 0 aliphatic carbocycles. The summed E-state index contributed by atoms with van der Waals surface area (Å²) in [4.78, 5) is 4.38. The second-order valence-corrected chi connectivity index (χ2v) is 6.86. The Morgan fingerprint density at radius 3 is 2.63 bits per heavy atom. The molecule has 108 valence electrons. The van der Waals surface area contributed by atoms with Gasteiger partial charge in [0.15, 0.2) is 5.82 Å². The first kappa shape index (κ1) is 14.5. The summed E-state index contributed by atoms with van der Waals surface area (Å²) in [6.45, 7) is 13.5. The molecule has 1 N–H and O–H groups in total. The predicted octanol–water partition coefficient (Wildman–Crippen LogP) is 2.29. The summed E-state index contributed by atoms with van der Waals surface area (Å²) in [5.41, 5.74) is -0.309. The summed E-state index contributed by atoms with van der Waals surface area (Å²) in [5, 5.41) is 7.92. The lowest BCUT2D eigenvalue weighted by Crippen LogP contribution is -2.31. The Morgan fingerprint density at radius 1 is 1.42 bits per heavy atom. The van der Waals surface area contributed by atoms with Crippen molar-refractivity contribution in [2.75, 3.05) is 0 Å². The first-order valence-electron chi connectivity index (χ1n) is 7.03. The molecule has 1 aromatic heterocycles. The molecular formula is C14H26N4O. The van der Waals surface area contributed by atoms with Crippen LogP contribution in [0.1, 0.15) is 59.8 Å². The summed E-state index contributed by atoms with van der Waals surface area (Å²) in [6.07, 6.45) is 2.79. The van der Waals surface area contributed by atoms with Gasteiger partial charge in [0.2, 0.25) is 0 Å². The van der Waals surface area contributed by atoms with Crippen LogP contribution >= 0.6 is 0 Å². The predicted molar refractivity (Wildman–Crippen MR) is 74.9 cm³/mol. The molecule has 2 heterocycles. The zero-order chi connectivity index (χ0) is 14.3. The average molecular weight is 266 g/mol. The molecule has 0 radical (unpaired) electrons. The van der Waals surface area contributed by atoms with Crippen LogP contribution in [-0.2, 0) is 11.3 Å². The van der Waals surface area contributed by atoms with Crippen LogP contribution in [0.4, 0.5) is 0 Å². The van der Waals surface area contributed by atoms with Crippen LogP contribution in [-0.4, -0.2) is 32.0 Å². The third kappa shape index (κ3) is 3.34. The van der Waals surface area contributed by atoms with Gasteiger partial charge < -0.3 is 10.1 Å². The van der Waals surface area contributed by atoms with Crippen molar-refractivity contribution < 1.29 is 4.74 Å². The van der Waals surface area contributed by atoms with E-state index in [-0.39, 0.29) is 17.2 Å². The minimum absolute atomic E-state index is 0.101. The largest absolute Gasteiger partial charge is 0.367 e. The Bertz CT molecular complexity index is 436. The Labute approximate surface area is 115 Å². The van der Waals surface area contributed by atoms with Crippen molar-refractivity contribution in [1.82, 2.24) is 20.1 Å². The molecule has 1 fully saturated rings. The normalized spacial score (nSPS) is 25.1. The highest BCUT2D eigenvalue weighted by Crippen LogP contribution is 2.44. The molecule has 19 heavy (non-hydrogen) atoms. The van der Waals surface area contributed by atoms with Crippen LogP contribution in [0.25, 0.3) is 0 Å². The van der Waals surface area contributed by atoms with E-state index in [0.29, 0.717) is 12.6 Å². The van der Waals surface area contributed by atoms with Gasteiger partial charge in [-0.25, -0.2) is 9.67 Å². The number of nitrogens with zero attached hydrogens (tertiary/aromatic N) is 3. The van der Waals surface area contributed by atoms with E-state index >= 15 is 0 Å². The van der Waals surface area contributed by atoms with Crippen molar-refractivity contribution in [2.45, 2.75) is 77.8 Å². The molecule has 5 nitrogen and oxygen atoms in total. The highest BCUT2D eigenvalue weighted by molar-refractivity contribution is 4.98. The molecule has 1 aliphatic heterocycles. The first-order chi connectivity index (χ1) is 8.70. The summed E-state index contributed by atoms with van der Waals surface area (Å²) in [6, 6.07) is 0.680. The van der Waals surface area contributed by atoms with Crippen LogP contribution in [0.5, 0.6) is 0 Å². The van der Waals surface area contributed by atoms with E-state index in [1.54, 1.807) is 0 Å². The van der Waals surface area contributed by atoms with Gasteiger partial charge in [0, 0.05) is 12.5 Å². The molecule has 0 amide bonds. The second-order valence-electron chi connectivity index (χ2n) is 6.86. The highest BCUT2D eigenvalue weighted by Gasteiger charge is 2.47. The van der Waals surface area contributed by atoms with E-state index in [1.807, 2.05) is 11.0 Å². The van der Waals surface area contributed by atoms with E-state index in [0.717, 1.165) is 12.2 Å². The lowest BCUT2D eigenvalue weighted by atomic mass is 9.95. The lowest BCUT2D eigenvalue weighted by molar-refractivity contribution is -0.0738. The van der Waals surface area contributed by atoms with Gasteiger partial charge in [0.1, 0.15) is 6.33 Å². The number of hydrogen-bond acceptors (Lipinski definition) is 4. The molecule has 5 heteroatoms. The van der Waals surface area contributed by atoms with Crippen molar-refractivity contribution in [2.24, 2.45) is 0 Å². The van der Waals surface area contributed by atoms with E-state index < -0.39 is 0 Å². The standard InChI is InChI=1S/C14H26N4O/c1-10(2)15-8-12-16-9-18(17-12)11-7-13(3,4)19-14(11,5)6/h9-11,15H,7-8H2,1-6H3. The fraction of sp³-hybridized carbons (Fsp3) is 0.857. The maximum Gasteiger partial charge on any atom is 0.164 e. The van der Waals surface area contributed by atoms with Crippen molar-refractivity contribution in [3.63, 3.8) is 0 Å². The van der Waals surface area contributed by atoms with Crippen molar-refractivity contribution >= 4 is 0 Å². The summed E-state index contributed by atoms with van der Waals surface area (Å²) < 4.78 is 8.07. The first-order valence-corrected chi connectivity index (χ1v) is 7.03. The van der Waals surface area contributed by atoms with E-state index in [9.17, 15) is 0 Å². The molecule has 0 bridgehead atoms. The van der Waals surface area contributed by atoms with Gasteiger partial charge in [-0.1, -0.05) is 13.8 Å². The van der Waals surface area contributed by atoms with Gasteiger partial charge in [0.05, 0.1) is 23.8 Å². The van der Waals surface area contributed by atoms with Gasteiger partial charge in [-0.2, -0.15) is 5.10 Å². The van der Waals surface area contributed by atoms with Crippen LogP contribution in [0, 0.1) is 0 Å². The SMILES string of the molecule is CC(C)NCc1ncn(C2CC(C)(C)OC2(C)C)n1. The Balaban J connectivity index is 2.10. The number of nitrogens with one attached hydrogen (secondary N) is 1. The molecule has 0 saturated carbocycles. The number of rotatable bonds is 4. The van der Waals surface area contributed by atoms with Gasteiger partial charge in [-0.3, -0.25) is 0 Å². The van der Waals surface area contributed by atoms with E-state index in [1.165, 1.54) is 0 Å². The number of hydrogen-bond donors (Lipinski definition) is 1. The van der Waals surface area contributed by atoms with E-state index in [4.69, 9.17) is 4.74 Å². The summed E-state index contributed by atoms with van der Waals surface area (Å²) in [7, 11) is 0. The van der Waals surface area contributed by atoms with Crippen molar-refractivity contribution in [3.8, 4) is 0 Å². The zero-order valence-electron chi connectivity index (χ0n) is 12.9. The van der Waals surface area contributed by atoms with Gasteiger partial charge in [0.25, 0.3) is 0 Å². The summed E-state index contributed by atoms with van der Waals surface area (Å²) in [5.74, 6) is 0.842. The third-order valence-electron chi connectivity index (χ3n) is 3.57. The molecule has 0 aromatic carbocycles. The Kier molecular flexibility index (Phi) is 3.71. The van der Waals surface area contributed by atoms with Crippen LogP contribution in [0.3, 0.4) is 0 Å². The van der Waals surface area contributed by atoms with Crippen molar-refractivity contribution in [3.05, 3.63) is 12.2 Å². The second kappa shape index (κ2) is 4.87. The third-order valence-corrected chi connectivity index (χ3v) is 3.57. The smallest absolute Gasteiger partial charge is 0.164 e. The number of ether oxygens (including phenoxy) is 1. The fourth-order valence-corrected chi connectivity index (χ4v) is 2.78. The van der Waals surface area contributed by atoms with Crippen LogP contribution in [0.2, 0.25) is 0 Å². The minimum atomic E-state index is -0.208. The lowest BCUT2D eigenvalue weighted by Gasteiger charge is -2.26. The maximum absolute atomic E-state index is 6.11.